The molecule has 0 aliphatic carbocycles. The Hall–Kier alpha value is -0.480. The Bertz CT molecular complexity index is 265. The van der Waals surface area contributed by atoms with E-state index in [4.69, 9.17) is 0 Å². The number of H-pyrrole nitrogens is 1. The third-order valence-electron chi connectivity index (χ3n) is 2.67. The zero-order valence-electron chi connectivity index (χ0n) is 8.55. The van der Waals surface area contributed by atoms with E-state index in [1.54, 1.807) is 6.20 Å². The van der Waals surface area contributed by atoms with Crippen molar-refractivity contribution in [3.8, 4) is 0 Å². The summed E-state index contributed by atoms with van der Waals surface area (Å²) in [4.78, 5) is 0. The van der Waals surface area contributed by atoms with Gasteiger partial charge in [-0.25, -0.2) is 0 Å². The molecule has 1 aliphatic rings. The first kappa shape index (κ1) is 10.1. The van der Waals surface area contributed by atoms with Crippen LogP contribution in [0.3, 0.4) is 0 Å². The van der Waals surface area contributed by atoms with Crippen LogP contribution in [0.15, 0.2) is 12.3 Å². The van der Waals surface area contributed by atoms with Gasteiger partial charge in [-0.05, 0) is 31.6 Å². The van der Waals surface area contributed by atoms with E-state index in [0.717, 1.165) is 18.8 Å². The monoisotopic (exact) mass is 211 g/mol. The summed E-state index contributed by atoms with van der Waals surface area (Å²) in [7, 11) is 0. The SMILES string of the molecule is CC1(CNCc2ccn[nH]2)CCCS1. The van der Waals surface area contributed by atoms with Gasteiger partial charge >= 0.3 is 0 Å². The number of aromatic amines is 1. The molecule has 2 heterocycles. The number of rotatable bonds is 4. The summed E-state index contributed by atoms with van der Waals surface area (Å²) in [5.41, 5.74) is 1.16. The summed E-state index contributed by atoms with van der Waals surface area (Å²) in [5, 5.41) is 10.4. The van der Waals surface area contributed by atoms with Crippen molar-refractivity contribution in [3.05, 3.63) is 18.0 Å². The molecule has 1 aliphatic heterocycles. The summed E-state index contributed by atoms with van der Waals surface area (Å²) in [6, 6.07) is 2.01. The summed E-state index contributed by atoms with van der Waals surface area (Å²) >= 11 is 2.09. The molecule has 14 heavy (non-hydrogen) atoms. The lowest BCUT2D eigenvalue weighted by molar-refractivity contribution is 0.533. The molecule has 0 saturated carbocycles. The molecule has 1 unspecified atom stereocenters. The smallest absolute Gasteiger partial charge is 0.0490 e. The average molecular weight is 211 g/mol. The van der Waals surface area contributed by atoms with Crippen molar-refractivity contribution in [1.29, 1.82) is 0 Å². The van der Waals surface area contributed by atoms with Crippen LogP contribution in [-0.2, 0) is 6.54 Å². The fraction of sp³-hybridized carbons (Fsp3) is 0.700. The number of hydrogen-bond acceptors (Lipinski definition) is 3. The Morgan fingerprint density at radius 3 is 3.29 bits per heavy atom. The lowest BCUT2D eigenvalue weighted by Gasteiger charge is -2.22. The maximum absolute atomic E-state index is 3.92. The van der Waals surface area contributed by atoms with Gasteiger partial charge in [0.15, 0.2) is 0 Å². The molecule has 1 aromatic rings. The van der Waals surface area contributed by atoms with Crippen LogP contribution in [0.1, 0.15) is 25.5 Å². The predicted octanol–water partition coefficient (Wildman–Crippen LogP) is 1.79. The van der Waals surface area contributed by atoms with E-state index in [1.165, 1.54) is 18.6 Å². The van der Waals surface area contributed by atoms with Crippen LogP contribution in [0.25, 0.3) is 0 Å². The van der Waals surface area contributed by atoms with E-state index in [1.807, 2.05) is 6.07 Å². The molecule has 3 nitrogen and oxygen atoms in total. The molecule has 1 aromatic heterocycles. The van der Waals surface area contributed by atoms with Crippen LogP contribution in [-0.4, -0.2) is 27.2 Å². The molecule has 0 amide bonds. The van der Waals surface area contributed by atoms with Crippen LogP contribution in [0, 0.1) is 0 Å². The second-order valence-corrected chi connectivity index (χ2v) is 5.77. The number of nitrogens with zero attached hydrogens (tertiary/aromatic N) is 1. The van der Waals surface area contributed by atoms with Gasteiger partial charge in [0, 0.05) is 29.7 Å². The van der Waals surface area contributed by atoms with Gasteiger partial charge in [-0.2, -0.15) is 16.9 Å². The number of aromatic nitrogens is 2. The van der Waals surface area contributed by atoms with Gasteiger partial charge in [0.1, 0.15) is 0 Å². The van der Waals surface area contributed by atoms with Crippen LogP contribution >= 0.6 is 11.8 Å². The second-order valence-electron chi connectivity index (χ2n) is 4.09. The van der Waals surface area contributed by atoms with Gasteiger partial charge in [-0.1, -0.05) is 0 Å². The summed E-state index contributed by atoms with van der Waals surface area (Å²) in [6.07, 6.45) is 4.50. The van der Waals surface area contributed by atoms with Gasteiger partial charge in [0.2, 0.25) is 0 Å². The molecule has 0 aromatic carbocycles. The van der Waals surface area contributed by atoms with Crippen LogP contribution in [0.5, 0.6) is 0 Å². The fourth-order valence-electron chi connectivity index (χ4n) is 1.82. The first-order chi connectivity index (χ1) is 6.79. The standard InChI is InChI=1S/C10H17N3S/c1-10(4-2-6-14-10)8-11-7-9-3-5-12-13-9/h3,5,11H,2,4,6-8H2,1H3,(H,12,13). The van der Waals surface area contributed by atoms with Gasteiger partial charge in [-0.3, -0.25) is 5.10 Å². The topological polar surface area (TPSA) is 40.7 Å². The highest BCUT2D eigenvalue weighted by atomic mass is 32.2. The molecule has 0 radical (unpaired) electrons. The molecular weight excluding hydrogens is 194 g/mol. The maximum atomic E-state index is 3.92. The van der Waals surface area contributed by atoms with Gasteiger partial charge in [0.05, 0.1) is 0 Å². The summed E-state index contributed by atoms with van der Waals surface area (Å²) < 4.78 is 0.458. The highest BCUT2D eigenvalue weighted by Gasteiger charge is 2.28. The second kappa shape index (κ2) is 4.36. The molecule has 2 N–H and O–H groups in total. The first-order valence-electron chi connectivity index (χ1n) is 5.11. The molecular formula is C10H17N3S. The maximum Gasteiger partial charge on any atom is 0.0490 e. The first-order valence-corrected chi connectivity index (χ1v) is 6.10. The van der Waals surface area contributed by atoms with Crippen molar-refractivity contribution < 1.29 is 0 Å². The minimum Gasteiger partial charge on any atom is -0.310 e. The lowest BCUT2D eigenvalue weighted by atomic mass is 10.1. The van der Waals surface area contributed by atoms with E-state index in [-0.39, 0.29) is 0 Å². The van der Waals surface area contributed by atoms with Crippen LogP contribution < -0.4 is 5.32 Å². The third-order valence-corrected chi connectivity index (χ3v) is 4.21. The zero-order valence-corrected chi connectivity index (χ0v) is 9.36. The molecule has 1 fully saturated rings. The molecule has 2 rings (SSSR count). The Morgan fingerprint density at radius 2 is 2.64 bits per heavy atom. The van der Waals surface area contributed by atoms with Crippen molar-refractivity contribution in [2.24, 2.45) is 0 Å². The molecule has 1 atom stereocenters. The Labute approximate surface area is 89.1 Å². The summed E-state index contributed by atoms with van der Waals surface area (Å²) in [5.74, 6) is 1.32. The molecule has 4 heteroatoms. The quantitative estimate of drug-likeness (QED) is 0.797. The molecule has 1 saturated heterocycles. The number of nitrogens with one attached hydrogen (secondary N) is 2. The molecule has 0 bridgehead atoms. The van der Waals surface area contributed by atoms with Crippen molar-refractivity contribution in [2.75, 3.05) is 12.3 Å². The number of hydrogen-bond donors (Lipinski definition) is 2. The normalized spacial score (nSPS) is 26.9. The predicted molar refractivity (Wildman–Crippen MR) is 60.4 cm³/mol. The van der Waals surface area contributed by atoms with Crippen molar-refractivity contribution in [2.45, 2.75) is 31.1 Å². The van der Waals surface area contributed by atoms with E-state index in [9.17, 15) is 0 Å². The Kier molecular flexibility index (Phi) is 3.13. The van der Waals surface area contributed by atoms with E-state index >= 15 is 0 Å². The average Bonchev–Trinajstić information content (AvgIpc) is 2.77. The highest BCUT2D eigenvalue weighted by Crippen LogP contribution is 2.36. The van der Waals surface area contributed by atoms with Gasteiger partial charge in [0.25, 0.3) is 0 Å². The number of thioether (sulfide) groups is 1. The minimum atomic E-state index is 0.458. The zero-order chi connectivity index (χ0) is 9.86. The van der Waals surface area contributed by atoms with Crippen molar-refractivity contribution >= 4 is 11.8 Å². The Morgan fingerprint density at radius 1 is 1.71 bits per heavy atom. The van der Waals surface area contributed by atoms with Gasteiger partial charge < -0.3 is 5.32 Å². The molecule has 0 spiro atoms. The largest absolute Gasteiger partial charge is 0.310 e. The third kappa shape index (κ3) is 2.51. The molecule has 78 valence electrons. The van der Waals surface area contributed by atoms with E-state index in [0.29, 0.717) is 4.75 Å². The minimum absolute atomic E-state index is 0.458. The van der Waals surface area contributed by atoms with Crippen molar-refractivity contribution in [3.63, 3.8) is 0 Å². The van der Waals surface area contributed by atoms with Gasteiger partial charge in [-0.15, -0.1) is 0 Å². The van der Waals surface area contributed by atoms with Crippen molar-refractivity contribution in [1.82, 2.24) is 15.5 Å². The Balaban J connectivity index is 1.72. The van der Waals surface area contributed by atoms with Crippen LogP contribution in [0.4, 0.5) is 0 Å². The fourth-order valence-corrected chi connectivity index (χ4v) is 3.10. The van der Waals surface area contributed by atoms with E-state index in [2.05, 4.69) is 34.2 Å². The summed E-state index contributed by atoms with van der Waals surface area (Å²) in [6.45, 7) is 4.34. The lowest BCUT2D eigenvalue weighted by Crippen LogP contribution is -2.32. The van der Waals surface area contributed by atoms with Crippen LogP contribution in [0.2, 0.25) is 0 Å². The van der Waals surface area contributed by atoms with E-state index < -0.39 is 0 Å². The highest BCUT2D eigenvalue weighted by molar-refractivity contribution is 8.00.